The fraction of sp³-hybridized carbons (Fsp3) is 0.632. The van der Waals surface area contributed by atoms with Crippen LogP contribution < -0.4 is 0 Å². The highest BCUT2D eigenvalue weighted by molar-refractivity contribution is 5.83. The monoisotopic (exact) mass is 299 g/mol. The lowest BCUT2D eigenvalue weighted by Crippen LogP contribution is -2.58. The Hall–Kier alpha value is -1.35. The number of benzene rings is 1. The summed E-state index contributed by atoms with van der Waals surface area (Å²) in [5.41, 5.74) is 0.514. The molecule has 3 nitrogen and oxygen atoms in total. The summed E-state index contributed by atoms with van der Waals surface area (Å²) in [5, 5.41) is 20.7. The molecule has 118 valence electrons. The summed E-state index contributed by atoms with van der Waals surface area (Å²) in [7, 11) is 0. The lowest BCUT2D eigenvalue weighted by molar-refractivity contribution is -0.168. The van der Waals surface area contributed by atoms with E-state index >= 15 is 0 Å². The van der Waals surface area contributed by atoms with Gasteiger partial charge in [0, 0.05) is 11.8 Å². The first kappa shape index (κ1) is 14.3. The molecule has 4 aliphatic rings. The van der Waals surface area contributed by atoms with Crippen molar-refractivity contribution in [2.45, 2.75) is 57.1 Å². The van der Waals surface area contributed by atoms with E-state index in [-0.39, 0.29) is 17.2 Å². The van der Waals surface area contributed by atoms with E-state index in [4.69, 9.17) is 4.99 Å². The van der Waals surface area contributed by atoms with Crippen LogP contribution in [0.25, 0.3) is 0 Å². The average molecular weight is 299 g/mol. The van der Waals surface area contributed by atoms with Crippen LogP contribution >= 0.6 is 0 Å². The summed E-state index contributed by atoms with van der Waals surface area (Å²) in [6.45, 7) is 2.19. The third kappa shape index (κ3) is 2.26. The van der Waals surface area contributed by atoms with Crippen LogP contribution in [0.5, 0.6) is 5.75 Å². The molecular weight excluding hydrogens is 274 g/mol. The van der Waals surface area contributed by atoms with Crippen LogP contribution in [0, 0.1) is 17.3 Å². The maximum atomic E-state index is 10.9. The number of aliphatic hydroxyl groups is 1. The number of aliphatic imine (C=N–C) groups is 1. The van der Waals surface area contributed by atoms with E-state index in [9.17, 15) is 10.2 Å². The maximum absolute atomic E-state index is 10.9. The molecule has 4 saturated carbocycles. The molecule has 2 unspecified atom stereocenters. The van der Waals surface area contributed by atoms with Gasteiger partial charge in [-0.25, -0.2) is 0 Å². The molecule has 22 heavy (non-hydrogen) atoms. The third-order valence-electron chi connectivity index (χ3n) is 6.34. The van der Waals surface area contributed by atoms with Crippen LogP contribution in [0.2, 0.25) is 0 Å². The quantitative estimate of drug-likeness (QED) is 0.839. The first-order chi connectivity index (χ1) is 10.5. The van der Waals surface area contributed by atoms with Gasteiger partial charge >= 0.3 is 0 Å². The van der Waals surface area contributed by atoms with Crippen molar-refractivity contribution in [3.63, 3.8) is 0 Å². The number of para-hydroxylation sites is 1. The Morgan fingerprint density at radius 3 is 2.50 bits per heavy atom. The molecule has 5 rings (SSSR count). The number of hydrogen-bond acceptors (Lipinski definition) is 3. The summed E-state index contributed by atoms with van der Waals surface area (Å²) in [6.07, 6.45) is 8.45. The second kappa shape index (κ2) is 4.82. The highest BCUT2D eigenvalue weighted by Crippen LogP contribution is 2.63. The first-order valence-corrected chi connectivity index (χ1v) is 8.52. The molecule has 0 aromatic heterocycles. The molecule has 0 spiro atoms. The van der Waals surface area contributed by atoms with E-state index in [2.05, 4.69) is 6.92 Å². The van der Waals surface area contributed by atoms with Crippen molar-refractivity contribution >= 4 is 6.21 Å². The molecule has 1 aromatic rings. The lowest BCUT2D eigenvalue weighted by Gasteiger charge is -2.61. The standard InChI is InChI=1S/C19H25NO2/c1-13(20-11-16-4-2-3-5-17(16)21)18-7-14-6-15(8-18)10-19(22,9-14)12-18/h2-5,11,13-15,21-22H,6-10,12H2,1H3/t13-,14-,15+,18?,19?/m0/s1. The van der Waals surface area contributed by atoms with Gasteiger partial charge in [-0.15, -0.1) is 0 Å². The summed E-state index contributed by atoms with van der Waals surface area (Å²) in [4.78, 5) is 4.78. The molecular formula is C19H25NO2. The van der Waals surface area contributed by atoms with Gasteiger partial charge in [0.1, 0.15) is 5.75 Å². The van der Waals surface area contributed by atoms with Crippen LogP contribution in [-0.4, -0.2) is 28.1 Å². The van der Waals surface area contributed by atoms with E-state index in [0.29, 0.717) is 11.8 Å². The molecule has 0 saturated heterocycles. The Bertz CT molecular complexity index is 595. The van der Waals surface area contributed by atoms with Crippen molar-refractivity contribution in [2.75, 3.05) is 0 Å². The van der Waals surface area contributed by atoms with Crippen LogP contribution in [-0.2, 0) is 0 Å². The zero-order valence-electron chi connectivity index (χ0n) is 13.2. The number of phenols is 1. The van der Waals surface area contributed by atoms with Gasteiger partial charge in [0.25, 0.3) is 0 Å². The Kier molecular flexibility index (Phi) is 3.12. The number of rotatable bonds is 3. The van der Waals surface area contributed by atoms with Crippen molar-refractivity contribution < 1.29 is 10.2 Å². The minimum Gasteiger partial charge on any atom is -0.507 e. The second-order valence-corrected chi connectivity index (χ2v) is 8.06. The molecule has 3 heteroatoms. The number of aromatic hydroxyl groups is 1. The largest absolute Gasteiger partial charge is 0.507 e. The Morgan fingerprint density at radius 1 is 1.18 bits per heavy atom. The zero-order chi connectivity index (χ0) is 15.4. The van der Waals surface area contributed by atoms with E-state index in [1.165, 1.54) is 19.3 Å². The van der Waals surface area contributed by atoms with Gasteiger partial charge in [-0.1, -0.05) is 12.1 Å². The molecule has 5 atom stereocenters. The van der Waals surface area contributed by atoms with Gasteiger partial charge in [0.15, 0.2) is 0 Å². The van der Waals surface area contributed by atoms with Gasteiger partial charge in [0.2, 0.25) is 0 Å². The van der Waals surface area contributed by atoms with Crippen molar-refractivity contribution in [1.82, 2.24) is 0 Å². The Labute approximate surface area is 132 Å². The smallest absolute Gasteiger partial charge is 0.124 e. The first-order valence-electron chi connectivity index (χ1n) is 8.52. The van der Waals surface area contributed by atoms with Gasteiger partial charge < -0.3 is 10.2 Å². The van der Waals surface area contributed by atoms with Crippen LogP contribution in [0.1, 0.15) is 51.0 Å². The van der Waals surface area contributed by atoms with Crippen LogP contribution in [0.4, 0.5) is 0 Å². The van der Waals surface area contributed by atoms with E-state index in [1.54, 1.807) is 6.07 Å². The number of nitrogens with zero attached hydrogens (tertiary/aromatic N) is 1. The van der Waals surface area contributed by atoms with Crippen molar-refractivity contribution in [2.24, 2.45) is 22.2 Å². The summed E-state index contributed by atoms with van der Waals surface area (Å²) in [5.74, 6) is 1.66. The highest BCUT2D eigenvalue weighted by atomic mass is 16.3. The Morgan fingerprint density at radius 2 is 1.86 bits per heavy atom. The molecule has 1 aromatic carbocycles. The van der Waals surface area contributed by atoms with E-state index in [0.717, 1.165) is 24.8 Å². The normalized spacial score (nSPS) is 41.2. The van der Waals surface area contributed by atoms with Gasteiger partial charge in [-0.3, -0.25) is 4.99 Å². The zero-order valence-corrected chi connectivity index (χ0v) is 13.2. The van der Waals surface area contributed by atoms with Gasteiger partial charge in [0.05, 0.1) is 11.6 Å². The lowest BCUT2D eigenvalue weighted by atomic mass is 9.46. The number of phenolic OH excluding ortho intramolecular Hbond substituents is 1. The van der Waals surface area contributed by atoms with E-state index < -0.39 is 5.60 Å². The Balaban J connectivity index is 1.58. The topological polar surface area (TPSA) is 52.8 Å². The molecule has 0 heterocycles. The van der Waals surface area contributed by atoms with Crippen molar-refractivity contribution in [3.8, 4) is 5.75 Å². The fourth-order valence-electron chi connectivity index (χ4n) is 5.72. The minimum absolute atomic E-state index is 0.166. The summed E-state index contributed by atoms with van der Waals surface area (Å²) in [6, 6.07) is 7.52. The fourth-order valence-corrected chi connectivity index (χ4v) is 5.72. The molecule has 0 aliphatic heterocycles. The predicted octanol–water partition coefficient (Wildman–Crippen LogP) is 3.53. The summed E-state index contributed by atoms with van der Waals surface area (Å²) < 4.78 is 0. The third-order valence-corrected chi connectivity index (χ3v) is 6.34. The van der Waals surface area contributed by atoms with Crippen molar-refractivity contribution in [1.29, 1.82) is 0 Å². The average Bonchev–Trinajstić information content (AvgIpc) is 2.43. The molecule has 2 N–H and O–H groups in total. The number of hydrogen-bond donors (Lipinski definition) is 2. The minimum atomic E-state index is -0.428. The maximum Gasteiger partial charge on any atom is 0.124 e. The molecule has 0 amide bonds. The van der Waals surface area contributed by atoms with Crippen molar-refractivity contribution in [3.05, 3.63) is 29.8 Å². The van der Waals surface area contributed by atoms with Gasteiger partial charge in [-0.2, -0.15) is 0 Å². The summed E-state index contributed by atoms with van der Waals surface area (Å²) >= 11 is 0. The highest BCUT2D eigenvalue weighted by Gasteiger charge is 2.58. The van der Waals surface area contributed by atoms with E-state index in [1.807, 2.05) is 24.4 Å². The molecule has 4 aliphatic carbocycles. The predicted molar refractivity (Wildman–Crippen MR) is 87.2 cm³/mol. The van der Waals surface area contributed by atoms with Crippen LogP contribution in [0.3, 0.4) is 0 Å². The SMILES string of the molecule is C[C@H](N=Cc1ccccc1O)C12C[C@@H]3C[C@@H](CC(O)(C3)C1)C2. The molecule has 0 radical (unpaired) electrons. The van der Waals surface area contributed by atoms with Gasteiger partial charge in [-0.05, 0) is 74.8 Å². The van der Waals surface area contributed by atoms with Crippen LogP contribution in [0.15, 0.2) is 29.3 Å². The second-order valence-electron chi connectivity index (χ2n) is 8.06. The molecule has 4 fully saturated rings. The molecule has 4 bridgehead atoms.